The summed E-state index contributed by atoms with van der Waals surface area (Å²) < 4.78 is 3.62. The molecule has 0 aliphatic heterocycles. The summed E-state index contributed by atoms with van der Waals surface area (Å²) in [4.78, 5) is 4.35. The topological polar surface area (TPSA) is 74.0 Å². The first kappa shape index (κ1) is 12.6. The van der Waals surface area contributed by atoms with E-state index in [1.54, 1.807) is 23.1 Å². The van der Waals surface area contributed by atoms with Crippen LogP contribution in [0.2, 0.25) is 0 Å². The number of benzene rings is 1. The van der Waals surface area contributed by atoms with Crippen molar-refractivity contribution >= 4 is 11.3 Å². The number of hydrogen-bond donors (Lipinski definition) is 1. The van der Waals surface area contributed by atoms with Crippen LogP contribution in [0.5, 0.6) is 0 Å². The summed E-state index contributed by atoms with van der Waals surface area (Å²) in [6.07, 6.45) is 7.31. The van der Waals surface area contributed by atoms with Gasteiger partial charge in [0.25, 0.3) is 0 Å². The van der Waals surface area contributed by atoms with Gasteiger partial charge in [0.2, 0.25) is 0 Å². The van der Waals surface area contributed by atoms with Crippen LogP contribution < -0.4 is 5.73 Å². The minimum atomic E-state index is 0.717. The van der Waals surface area contributed by atoms with Crippen molar-refractivity contribution in [2.75, 3.05) is 5.73 Å². The molecule has 0 spiro atoms. The van der Waals surface area contributed by atoms with Crippen LogP contribution in [0.15, 0.2) is 55.1 Å². The highest BCUT2D eigenvalue weighted by Crippen LogP contribution is 2.22. The van der Waals surface area contributed by atoms with Crippen LogP contribution >= 0.6 is 0 Å². The minimum Gasteiger partial charge on any atom is -0.399 e. The Morgan fingerprint density at radius 3 is 2.91 bits per heavy atom. The second kappa shape index (κ2) is 4.70. The summed E-state index contributed by atoms with van der Waals surface area (Å²) in [6, 6.07) is 9.58. The van der Waals surface area contributed by atoms with Crippen LogP contribution in [0.3, 0.4) is 0 Å². The number of fused-ring (bicyclic) bond motifs is 1. The third-order valence-corrected chi connectivity index (χ3v) is 3.64. The van der Waals surface area contributed by atoms with Crippen molar-refractivity contribution in [1.82, 2.24) is 24.4 Å². The van der Waals surface area contributed by atoms with Crippen molar-refractivity contribution in [3.8, 4) is 16.9 Å². The predicted molar refractivity (Wildman–Crippen MR) is 84.7 cm³/mol. The van der Waals surface area contributed by atoms with Crippen molar-refractivity contribution in [3.05, 3.63) is 60.7 Å². The molecule has 4 rings (SSSR count). The minimum absolute atomic E-state index is 0.717. The van der Waals surface area contributed by atoms with Crippen molar-refractivity contribution in [2.24, 2.45) is 0 Å². The molecule has 1 aromatic carbocycles. The van der Waals surface area contributed by atoms with Crippen molar-refractivity contribution in [1.29, 1.82) is 0 Å². The second-order valence-corrected chi connectivity index (χ2v) is 5.16. The Morgan fingerprint density at radius 2 is 2.00 bits per heavy atom. The lowest BCUT2D eigenvalue weighted by Gasteiger charge is -2.06. The summed E-state index contributed by atoms with van der Waals surface area (Å²) in [5.41, 5.74) is 11.3. The molecule has 6 nitrogen and oxygen atoms in total. The zero-order valence-corrected chi connectivity index (χ0v) is 12.0. The number of nitrogen functional groups attached to an aromatic ring is 1. The van der Waals surface area contributed by atoms with E-state index >= 15 is 0 Å². The highest BCUT2D eigenvalue weighted by Gasteiger charge is 2.10. The zero-order chi connectivity index (χ0) is 15.1. The molecule has 0 atom stereocenters. The van der Waals surface area contributed by atoms with Gasteiger partial charge in [-0.3, -0.25) is 0 Å². The predicted octanol–water partition coefficient (Wildman–Crippen LogP) is 2.47. The molecule has 0 aliphatic carbocycles. The number of hydrogen-bond acceptors (Lipinski definition) is 4. The monoisotopic (exact) mass is 290 g/mol. The van der Waals surface area contributed by atoms with Gasteiger partial charge < -0.3 is 5.73 Å². The van der Waals surface area contributed by atoms with E-state index in [2.05, 4.69) is 15.2 Å². The lowest BCUT2D eigenvalue weighted by molar-refractivity contribution is 0.873. The standard InChI is InChI=1S/C16H14N6/c1-11-4-5-13(17)7-14(11)21-10-12(8-20-21)15-9-18-16-3-2-6-19-22(15)16/h2-10H,17H2,1H3. The first-order chi connectivity index (χ1) is 10.7. The van der Waals surface area contributed by atoms with Crippen LogP contribution in [0.4, 0.5) is 5.69 Å². The van der Waals surface area contributed by atoms with E-state index in [9.17, 15) is 0 Å². The second-order valence-electron chi connectivity index (χ2n) is 5.16. The van der Waals surface area contributed by atoms with Gasteiger partial charge in [-0.15, -0.1) is 0 Å². The highest BCUT2D eigenvalue weighted by molar-refractivity contribution is 5.62. The maximum atomic E-state index is 5.88. The van der Waals surface area contributed by atoms with E-state index in [1.807, 2.05) is 48.1 Å². The summed E-state index contributed by atoms with van der Waals surface area (Å²) in [7, 11) is 0. The fraction of sp³-hybridized carbons (Fsp3) is 0.0625. The average molecular weight is 290 g/mol. The molecule has 0 fully saturated rings. The maximum Gasteiger partial charge on any atom is 0.154 e. The lowest BCUT2D eigenvalue weighted by atomic mass is 10.2. The number of aromatic nitrogens is 5. The molecule has 6 heteroatoms. The number of aryl methyl sites for hydroxylation is 1. The zero-order valence-electron chi connectivity index (χ0n) is 12.0. The van der Waals surface area contributed by atoms with Gasteiger partial charge >= 0.3 is 0 Å². The molecule has 3 aromatic heterocycles. The van der Waals surface area contributed by atoms with Crippen LogP contribution in [0.1, 0.15) is 5.56 Å². The first-order valence-electron chi connectivity index (χ1n) is 6.93. The third-order valence-electron chi connectivity index (χ3n) is 3.64. The van der Waals surface area contributed by atoms with Crippen LogP contribution in [-0.4, -0.2) is 24.4 Å². The number of rotatable bonds is 2. The molecule has 0 radical (unpaired) electrons. The van der Waals surface area contributed by atoms with Gasteiger partial charge in [0.05, 0.1) is 23.8 Å². The third kappa shape index (κ3) is 1.93. The molecule has 0 bridgehead atoms. The Bertz CT molecular complexity index is 966. The number of nitrogens with two attached hydrogens (primary N) is 1. The molecule has 22 heavy (non-hydrogen) atoms. The van der Waals surface area contributed by atoms with Crippen LogP contribution in [0.25, 0.3) is 22.6 Å². The molecular formula is C16H14N6. The average Bonchev–Trinajstić information content (AvgIpc) is 3.16. The van der Waals surface area contributed by atoms with Gasteiger partial charge in [-0.1, -0.05) is 6.07 Å². The molecule has 0 aliphatic rings. The lowest BCUT2D eigenvalue weighted by Crippen LogP contribution is -1.98. The molecule has 4 aromatic rings. The largest absolute Gasteiger partial charge is 0.399 e. The fourth-order valence-corrected chi connectivity index (χ4v) is 2.49. The summed E-state index contributed by atoms with van der Waals surface area (Å²) in [5.74, 6) is 0. The van der Waals surface area contributed by atoms with E-state index in [4.69, 9.17) is 5.73 Å². The molecule has 0 saturated carbocycles. The molecule has 3 heterocycles. The molecular weight excluding hydrogens is 276 g/mol. The molecule has 108 valence electrons. The normalized spacial score (nSPS) is 11.1. The quantitative estimate of drug-likeness (QED) is 0.575. The fourth-order valence-electron chi connectivity index (χ4n) is 2.49. The van der Waals surface area contributed by atoms with Crippen molar-refractivity contribution < 1.29 is 0 Å². The van der Waals surface area contributed by atoms with Crippen LogP contribution in [-0.2, 0) is 0 Å². The summed E-state index contributed by atoms with van der Waals surface area (Å²) >= 11 is 0. The van der Waals surface area contributed by atoms with Gasteiger partial charge in [-0.25, -0.2) is 14.2 Å². The van der Waals surface area contributed by atoms with Gasteiger partial charge in [0.15, 0.2) is 5.65 Å². The molecule has 0 amide bonds. The molecule has 2 N–H and O–H groups in total. The Labute approximate surface area is 126 Å². The summed E-state index contributed by atoms with van der Waals surface area (Å²) in [5, 5.41) is 8.77. The number of nitrogens with zero attached hydrogens (tertiary/aromatic N) is 5. The van der Waals surface area contributed by atoms with E-state index in [-0.39, 0.29) is 0 Å². The number of anilines is 1. The summed E-state index contributed by atoms with van der Waals surface area (Å²) in [6.45, 7) is 2.03. The molecule has 0 saturated heterocycles. The van der Waals surface area contributed by atoms with Gasteiger partial charge in [-0.05, 0) is 36.8 Å². The Morgan fingerprint density at radius 1 is 1.09 bits per heavy atom. The Hall–Kier alpha value is -3.15. The van der Waals surface area contributed by atoms with E-state index in [0.29, 0.717) is 5.69 Å². The van der Waals surface area contributed by atoms with E-state index < -0.39 is 0 Å². The van der Waals surface area contributed by atoms with Gasteiger partial charge in [0.1, 0.15) is 0 Å². The molecule has 0 unspecified atom stereocenters. The van der Waals surface area contributed by atoms with Gasteiger partial charge in [0, 0.05) is 23.6 Å². The SMILES string of the molecule is Cc1ccc(N)cc1-n1cc(-c2cnc3cccnn23)cn1. The van der Waals surface area contributed by atoms with E-state index in [1.165, 1.54) is 0 Å². The Kier molecular flexibility index (Phi) is 2.69. The maximum absolute atomic E-state index is 5.88. The van der Waals surface area contributed by atoms with Crippen LogP contribution in [0, 0.1) is 6.92 Å². The number of imidazole rings is 1. The Balaban J connectivity index is 1.83. The van der Waals surface area contributed by atoms with Crippen molar-refractivity contribution in [2.45, 2.75) is 6.92 Å². The van der Waals surface area contributed by atoms with Gasteiger partial charge in [-0.2, -0.15) is 10.2 Å². The van der Waals surface area contributed by atoms with Crippen molar-refractivity contribution in [3.63, 3.8) is 0 Å². The highest BCUT2D eigenvalue weighted by atomic mass is 15.3. The van der Waals surface area contributed by atoms with E-state index in [0.717, 1.165) is 28.2 Å². The first-order valence-corrected chi connectivity index (χ1v) is 6.93. The smallest absolute Gasteiger partial charge is 0.154 e.